The number of fused-ring (bicyclic) bond motifs is 1. The highest BCUT2D eigenvalue weighted by Gasteiger charge is 2.77. The standard InChI is InChI=1S/C31H39N3O5S/c1-5-39-22-13-11-21(12-14-22)33-27(36)24-25-29(38)34(23(18-35)19(2)3)26(31(25)16-15-30(24,4)40-31)28(37)32-17-20-9-7-6-8-10-20/h6-14,19,23-26,35H,5,15-18H2,1-4H3,(H,32,37)(H,33,36)/t23-,24+,25-,26?,30-,31?/m0/s1. The van der Waals surface area contributed by atoms with Gasteiger partial charge in [-0.05, 0) is 62.4 Å². The molecule has 3 fully saturated rings. The summed E-state index contributed by atoms with van der Waals surface area (Å²) >= 11 is 1.63. The fourth-order valence-corrected chi connectivity index (χ4v) is 9.29. The molecular formula is C31H39N3O5S. The van der Waals surface area contributed by atoms with E-state index >= 15 is 0 Å². The average molecular weight is 566 g/mol. The smallest absolute Gasteiger partial charge is 0.244 e. The van der Waals surface area contributed by atoms with Gasteiger partial charge in [0.15, 0.2) is 0 Å². The molecule has 6 atom stereocenters. The number of nitrogens with one attached hydrogen (secondary N) is 2. The SMILES string of the molecule is CCOc1ccc(NC(=O)[C@H]2[C@H]3C(=O)N([C@@H](CO)C(C)C)C(C(=O)NCc4ccccc4)C34CC[C@]2(C)S4)cc1. The van der Waals surface area contributed by atoms with Crippen LogP contribution in [0.4, 0.5) is 5.69 Å². The van der Waals surface area contributed by atoms with Gasteiger partial charge >= 0.3 is 0 Å². The van der Waals surface area contributed by atoms with Gasteiger partial charge in [0.2, 0.25) is 17.7 Å². The summed E-state index contributed by atoms with van der Waals surface area (Å²) in [4.78, 5) is 43.8. The van der Waals surface area contributed by atoms with Crippen molar-refractivity contribution in [2.45, 2.75) is 68.7 Å². The van der Waals surface area contributed by atoms with E-state index in [1.165, 1.54) is 0 Å². The van der Waals surface area contributed by atoms with E-state index in [-0.39, 0.29) is 30.2 Å². The molecule has 2 unspecified atom stereocenters. The van der Waals surface area contributed by atoms with E-state index in [9.17, 15) is 19.5 Å². The first kappa shape index (κ1) is 28.5. The third-order valence-corrected chi connectivity index (χ3v) is 10.8. The van der Waals surface area contributed by atoms with Gasteiger partial charge in [-0.2, -0.15) is 0 Å². The van der Waals surface area contributed by atoms with Crippen LogP contribution in [-0.4, -0.2) is 62.5 Å². The first-order valence-corrected chi connectivity index (χ1v) is 15.0. The maximum absolute atomic E-state index is 14.3. The Morgan fingerprint density at radius 2 is 1.80 bits per heavy atom. The number of thioether (sulfide) groups is 1. The van der Waals surface area contributed by atoms with Crippen LogP contribution in [0.2, 0.25) is 0 Å². The Morgan fingerprint density at radius 3 is 2.42 bits per heavy atom. The molecule has 2 aromatic rings. The van der Waals surface area contributed by atoms with Crippen molar-refractivity contribution < 1.29 is 24.2 Å². The minimum atomic E-state index is -0.775. The number of carbonyl (C=O) groups excluding carboxylic acids is 3. The molecule has 1 spiro atoms. The third-order valence-electron chi connectivity index (χ3n) is 8.80. The maximum atomic E-state index is 14.3. The molecule has 2 bridgehead atoms. The predicted octanol–water partition coefficient (Wildman–Crippen LogP) is 3.84. The van der Waals surface area contributed by atoms with Crippen LogP contribution in [0.3, 0.4) is 0 Å². The zero-order valence-corrected chi connectivity index (χ0v) is 24.4. The second-order valence-corrected chi connectivity index (χ2v) is 13.5. The molecule has 3 N–H and O–H groups in total. The largest absolute Gasteiger partial charge is 0.494 e. The minimum absolute atomic E-state index is 0.0671. The number of anilines is 1. The lowest BCUT2D eigenvalue weighted by Crippen LogP contribution is -2.57. The summed E-state index contributed by atoms with van der Waals surface area (Å²) in [5.41, 5.74) is 1.60. The summed E-state index contributed by atoms with van der Waals surface area (Å²) in [6.07, 6.45) is 1.39. The molecule has 9 heteroatoms. The lowest BCUT2D eigenvalue weighted by atomic mass is 9.66. The number of hydrogen-bond donors (Lipinski definition) is 3. The Balaban J connectivity index is 1.47. The Labute approximate surface area is 240 Å². The zero-order valence-electron chi connectivity index (χ0n) is 23.6. The van der Waals surface area contributed by atoms with Crippen molar-refractivity contribution in [1.82, 2.24) is 10.2 Å². The second kappa shape index (κ2) is 11.1. The number of benzene rings is 2. The number of ether oxygens (including phenoxy) is 1. The Hall–Kier alpha value is -3.04. The van der Waals surface area contributed by atoms with Crippen molar-refractivity contribution in [3.05, 3.63) is 60.2 Å². The Bertz CT molecular complexity index is 1260. The van der Waals surface area contributed by atoms with E-state index in [2.05, 4.69) is 17.6 Å². The van der Waals surface area contributed by atoms with Gasteiger partial charge in [-0.25, -0.2) is 0 Å². The summed E-state index contributed by atoms with van der Waals surface area (Å²) in [5.74, 6) is -1.27. The molecule has 2 aromatic carbocycles. The first-order valence-electron chi connectivity index (χ1n) is 14.1. The number of likely N-dealkylation sites (tertiary alicyclic amines) is 1. The van der Waals surface area contributed by atoms with E-state index in [4.69, 9.17) is 4.74 Å². The maximum Gasteiger partial charge on any atom is 0.244 e. The molecule has 5 rings (SSSR count). The van der Waals surface area contributed by atoms with Gasteiger partial charge in [0.05, 0.1) is 35.8 Å². The molecule has 3 saturated heterocycles. The van der Waals surface area contributed by atoms with Crippen LogP contribution >= 0.6 is 11.8 Å². The summed E-state index contributed by atoms with van der Waals surface area (Å²) in [6.45, 7) is 8.50. The van der Waals surface area contributed by atoms with Crippen LogP contribution in [0.1, 0.15) is 46.1 Å². The van der Waals surface area contributed by atoms with Crippen LogP contribution in [0.5, 0.6) is 5.75 Å². The fourth-order valence-electron chi connectivity index (χ4n) is 6.94. The highest BCUT2D eigenvalue weighted by atomic mass is 32.2. The Kier molecular flexibility index (Phi) is 7.90. The molecule has 3 aliphatic heterocycles. The van der Waals surface area contributed by atoms with E-state index in [0.717, 1.165) is 17.7 Å². The second-order valence-electron chi connectivity index (χ2n) is 11.6. The van der Waals surface area contributed by atoms with Crippen molar-refractivity contribution in [2.75, 3.05) is 18.5 Å². The fraction of sp³-hybridized carbons (Fsp3) is 0.516. The first-order chi connectivity index (χ1) is 19.1. The van der Waals surface area contributed by atoms with Crippen molar-refractivity contribution in [3.8, 4) is 5.75 Å². The Morgan fingerprint density at radius 1 is 1.10 bits per heavy atom. The number of rotatable bonds is 10. The summed E-state index contributed by atoms with van der Waals surface area (Å²) in [7, 11) is 0. The quantitative estimate of drug-likeness (QED) is 0.404. The van der Waals surface area contributed by atoms with Crippen molar-refractivity contribution in [3.63, 3.8) is 0 Å². The minimum Gasteiger partial charge on any atom is -0.494 e. The molecule has 0 aliphatic carbocycles. The number of aliphatic hydroxyl groups excluding tert-OH is 1. The van der Waals surface area contributed by atoms with Crippen LogP contribution < -0.4 is 15.4 Å². The molecule has 3 amide bonds. The molecule has 214 valence electrons. The van der Waals surface area contributed by atoms with E-state index in [1.807, 2.05) is 63.2 Å². The molecule has 0 aromatic heterocycles. The van der Waals surface area contributed by atoms with Gasteiger partial charge in [-0.15, -0.1) is 11.8 Å². The van der Waals surface area contributed by atoms with Gasteiger partial charge in [0, 0.05) is 17.0 Å². The molecule has 3 heterocycles. The number of nitrogens with zero attached hydrogens (tertiary/aromatic N) is 1. The van der Waals surface area contributed by atoms with Crippen LogP contribution in [0.15, 0.2) is 54.6 Å². The molecule has 0 radical (unpaired) electrons. The van der Waals surface area contributed by atoms with Crippen LogP contribution in [0, 0.1) is 17.8 Å². The molecule has 8 nitrogen and oxygen atoms in total. The summed E-state index contributed by atoms with van der Waals surface area (Å²) < 4.78 is 4.29. The van der Waals surface area contributed by atoms with Crippen molar-refractivity contribution >= 4 is 35.2 Å². The summed E-state index contributed by atoms with van der Waals surface area (Å²) in [6, 6.07) is 15.6. The predicted molar refractivity (Wildman–Crippen MR) is 156 cm³/mol. The molecule has 0 saturated carbocycles. The van der Waals surface area contributed by atoms with Gasteiger partial charge in [0.1, 0.15) is 11.8 Å². The van der Waals surface area contributed by atoms with Crippen molar-refractivity contribution in [1.29, 1.82) is 0 Å². The van der Waals surface area contributed by atoms with E-state index < -0.39 is 33.4 Å². The van der Waals surface area contributed by atoms with Gasteiger partial charge in [-0.3, -0.25) is 14.4 Å². The lowest BCUT2D eigenvalue weighted by Gasteiger charge is -2.38. The highest BCUT2D eigenvalue weighted by molar-refractivity contribution is 8.02. The monoisotopic (exact) mass is 565 g/mol. The number of aliphatic hydroxyl groups is 1. The normalized spacial score (nSPS) is 29.4. The van der Waals surface area contributed by atoms with Gasteiger partial charge in [-0.1, -0.05) is 44.2 Å². The lowest BCUT2D eigenvalue weighted by molar-refractivity contribution is -0.143. The number of carbonyl (C=O) groups is 3. The average Bonchev–Trinajstić information content (AvgIpc) is 3.50. The topological polar surface area (TPSA) is 108 Å². The van der Waals surface area contributed by atoms with Gasteiger partial charge in [0.25, 0.3) is 0 Å². The zero-order chi connectivity index (χ0) is 28.7. The van der Waals surface area contributed by atoms with Crippen molar-refractivity contribution in [2.24, 2.45) is 17.8 Å². The summed E-state index contributed by atoms with van der Waals surface area (Å²) in [5, 5.41) is 16.5. The highest BCUT2D eigenvalue weighted by Crippen LogP contribution is 2.71. The number of hydrogen-bond acceptors (Lipinski definition) is 6. The number of amides is 3. The third kappa shape index (κ3) is 4.77. The molecular weight excluding hydrogens is 526 g/mol. The van der Waals surface area contributed by atoms with Gasteiger partial charge < -0.3 is 25.4 Å². The van der Waals surface area contributed by atoms with Crippen LogP contribution in [-0.2, 0) is 20.9 Å². The molecule has 3 aliphatic rings. The van der Waals surface area contributed by atoms with Crippen LogP contribution in [0.25, 0.3) is 0 Å². The van der Waals surface area contributed by atoms with E-state index in [1.54, 1.807) is 28.8 Å². The molecule has 40 heavy (non-hydrogen) atoms. The van der Waals surface area contributed by atoms with E-state index in [0.29, 0.717) is 25.3 Å².